The van der Waals surface area contributed by atoms with Gasteiger partial charge in [0.2, 0.25) is 18.6 Å². The van der Waals surface area contributed by atoms with Crippen LogP contribution in [-0.4, -0.2) is 37.4 Å². The third-order valence-corrected chi connectivity index (χ3v) is 6.49. The van der Waals surface area contributed by atoms with E-state index in [1.54, 1.807) is 42.5 Å². The van der Waals surface area contributed by atoms with Crippen LogP contribution in [-0.2, 0) is 19.1 Å². The number of methoxy groups -OCH3 is 1. The Hall–Kier alpha value is -3.68. The monoisotopic (exact) mass is 499 g/mol. The van der Waals surface area contributed by atoms with Crippen LogP contribution in [0.5, 0.6) is 11.5 Å². The van der Waals surface area contributed by atoms with Crippen LogP contribution >= 0.6 is 23.4 Å². The largest absolute Gasteiger partial charge is 0.468 e. The van der Waals surface area contributed by atoms with Crippen molar-refractivity contribution in [2.45, 2.75) is 5.92 Å². The number of anilines is 1. The number of nitriles is 1. The van der Waals surface area contributed by atoms with E-state index in [0.717, 1.165) is 11.8 Å². The van der Waals surface area contributed by atoms with Crippen LogP contribution in [0.1, 0.15) is 11.5 Å². The maximum absolute atomic E-state index is 12.8. The number of halogens is 1. The molecular weight excluding hydrogens is 482 g/mol. The molecule has 2 atom stereocenters. The van der Waals surface area contributed by atoms with Gasteiger partial charge >= 0.3 is 5.97 Å². The Kier molecular flexibility index (Phi) is 6.95. The Bertz CT molecular complexity index is 1220. The predicted molar refractivity (Wildman–Crippen MR) is 124 cm³/mol. The quantitative estimate of drug-likeness (QED) is 0.458. The van der Waals surface area contributed by atoms with Crippen LogP contribution in [0.15, 0.2) is 53.1 Å². The van der Waals surface area contributed by atoms with Gasteiger partial charge in [0.25, 0.3) is 0 Å². The lowest BCUT2D eigenvalue weighted by Crippen LogP contribution is -2.44. The zero-order valence-electron chi connectivity index (χ0n) is 17.8. The first-order valence-corrected chi connectivity index (χ1v) is 11.4. The van der Waals surface area contributed by atoms with Crippen molar-refractivity contribution in [2.24, 2.45) is 5.92 Å². The van der Waals surface area contributed by atoms with Crippen molar-refractivity contribution < 1.29 is 28.6 Å². The highest BCUT2D eigenvalue weighted by atomic mass is 35.5. The second-order valence-electron chi connectivity index (χ2n) is 7.28. The van der Waals surface area contributed by atoms with E-state index in [0.29, 0.717) is 27.8 Å². The topological polar surface area (TPSA) is 127 Å². The minimum atomic E-state index is -1.26. The number of fused-ring (bicyclic) bond motifs is 1. The summed E-state index contributed by atoms with van der Waals surface area (Å²) < 4.78 is 15.4. The van der Waals surface area contributed by atoms with Crippen LogP contribution in [0.2, 0.25) is 5.02 Å². The Balaban J connectivity index is 1.56. The Morgan fingerprint density at radius 3 is 2.68 bits per heavy atom. The Morgan fingerprint density at radius 1 is 1.24 bits per heavy atom. The smallest absolute Gasteiger partial charge is 0.319 e. The van der Waals surface area contributed by atoms with E-state index >= 15 is 0 Å². The summed E-state index contributed by atoms with van der Waals surface area (Å²) in [6.07, 6.45) is 0. The average Bonchev–Trinajstić information content (AvgIpc) is 3.30. The molecule has 9 nitrogen and oxygen atoms in total. The number of ether oxygens (including phenoxy) is 3. The lowest BCUT2D eigenvalue weighted by Gasteiger charge is -2.30. The third kappa shape index (κ3) is 4.81. The lowest BCUT2D eigenvalue weighted by molar-refractivity contribution is -0.150. The number of carbonyl (C=O) groups is 3. The van der Waals surface area contributed by atoms with Gasteiger partial charge in [0.05, 0.1) is 29.5 Å². The summed E-state index contributed by atoms with van der Waals surface area (Å²) in [5.41, 5.74) is 1.22. The highest BCUT2D eigenvalue weighted by molar-refractivity contribution is 8.03. The number of esters is 1. The van der Waals surface area contributed by atoms with E-state index in [1.165, 1.54) is 7.11 Å². The van der Waals surface area contributed by atoms with E-state index in [9.17, 15) is 19.6 Å². The van der Waals surface area contributed by atoms with Crippen molar-refractivity contribution in [3.05, 3.63) is 63.7 Å². The molecule has 0 aliphatic carbocycles. The molecule has 11 heteroatoms. The number of amides is 2. The highest BCUT2D eigenvalue weighted by Crippen LogP contribution is 2.40. The summed E-state index contributed by atoms with van der Waals surface area (Å²) in [6.45, 7) is 0.120. The molecule has 0 bridgehead atoms. The van der Waals surface area contributed by atoms with Gasteiger partial charge in [0.15, 0.2) is 11.5 Å². The SMILES string of the molecule is COC(=O)[C@@H]1C(=O)NC(SCC(=O)Nc2ccc3c(c2)OCO3)=C(C#N)[C@H]1c1ccc(Cl)cc1. The molecule has 2 N–H and O–H groups in total. The molecule has 4 rings (SSSR count). The van der Waals surface area contributed by atoms with E-state index in [4.69, 9.17) is 25.8 Å². The Morgan fingerprint density at radius 2 is 1.97 bits per heavy atom. The molecule has 0 unspecified atom stereocenters. The van der Waals surface area contributed by atoms with Gasteiger partial charge in [0, 0.05) is 22.7 Å². The first-order chi connectivity index (χ1) is 16.4. The number of hydrogen-bond donors (Lipinski definition) is 2. The minimum Gasteiger partial charge on any atom is -0.468 e. The van der Waals surface area contributed by atoms with Gasteiger partial charge in [-0.3, -0.25) is 14.4 Å². The third-order valence-electron chi connectivity index (χ3n) is 5.22. The van der Waals surface area contributed by atoms with Crippen LogP contribution < -0.4 is 20.1 Å². The van der Waals surface area contributed by atoms with Crippen molar-refractivity contribution >= 4 is 46.8 Å². The van der Waals surface area contributed by atoms with E-state index in [2.05, 4.69) is 16.7 Å². The molecule has 0 saturated carbocycles. The van der Waals surface area contributed by atoms with Crippen molar-refractivity contribution in [1.29, 1.82) is 5.26 Å². The van der Waals surface area contributed by atoms with Gasteiger partial charge in [0.1, 0.15) is 5.92 Å². The van der Waals surface area contributed by atoms with E-state index in [1.807, 2.05) is 0 Å². The van der Waals surface area contributed by atoms with Crippen LogP contribution in [0, 0.1) is 17.2 Å². The summed E-state index contributed by atoms with van der Waals surface area (Å²) in [5, 5.41) is 15.9. The fourth-order valence-electron chi connectivity index (χ4n) is 3.66. The molecule has 0 spiro atoms. The van der Waals surface area contributed by atoms with Crippen molar-refractivity contribution in [1.82, 2.24) is 5.32 Å². The zero-order valence-corrected chi connectivity index (χ0v) is 19.4. The Labute approximate surface area is 204 Å². The second kappa shape index (κ2) is 10.1. The first-order valence-electron chi connectivity index (χ1n) is 10.0. The summed E-state index contributed by atoms with van der Waals surface area (Å²) in [7, 11) is 1.18. The molecule has 34 heavy (non-hydrogen) atoms. The molecule has 0 fully saturated rings. The molecule has 0 saturated heterocycles. The molecule has 2 aliphatic rings. The lowest BCUT2D eigenvalue weighted by atomic mass is 9.78. The molecule has 2 aliphatic heterocycles. The molecular formula is C23H18ClN3O6S. The predicted octanol–water partition coefficient (Wildman–Crippen LogP) is 3.18. The van der Waals surface area contributed by atoms with E-state index in [-0.39, 0.29) is 29.1 Å². The number of nitrogens with one attached hydrogen (secondary N) is 2. The standard InChI is InChI=1S/C23H18ClN3O6S/c1-31-23(30)20-19(12-2-4-13(24)5-3-12)15(9-25)22(27-21(20)29)34-10-18(28)26-14-6-7-16-17(8-14)33-11-32-16/h2-8,19-20H,10-11H2,1H3,(H,26,28)(H,27,29)/t19-,20+/m1/s1. The molecule has 2 aromatic rings. The van der Waals surface area contributed by atoms with Crippen molar-refractivity contribution in [3.63, 3.8) is 0 Å². The number of nitrogens with zero attached hydrogens (tertiary/aromatic N) is 1. The summed E-state index contributed by atoms with van der Waals surface area (Å²) in [6, 6.07) is 13.6. The number of benzene rings is 2. The average molecular weight is 500 g/mol. The molecule has 2 amide bonds. The van der Waals surface area contributed by atoms with Gasteiger partial charge in [-0.15, -0.1) is 0 Å². The van der Waals surface area contributed by atoms with Gasteiger partial charge in [-0.25, -0.2) is 0 Å². The minimum absolute atomic E-state index is 0.0918. The summed E-state index contributed by atoms with van der Waals surface area (Å²) in [4.78, 5) is 37.8. The molecule has 174 valence electrons. The highest BCUT2D eigenvalue weighted by Gasteiger charge is 2.44. The number of hydrogen-bond acceptors (Lipinski definition) is 8. The summed E-state index contributed by atoms with van der Waals surface area (Å²) in [5.74, 6) is -2.87. The molecule has 2 heterocycles. The van der Waals surface area contributed by atoms with Crippen molar-refractivity contribution in [3.8, 4) is 17.6 Å². The molecule has 0 radical (unpaired) electrons. The second-order valence-corrected chi connectivity index (χ2v) is 8.70. The van der Waals surface area contributed by atoms with Gasteiger partial charge in [-0.1, -0.05) is 35.5 Å². The van der Waals surface area contributed by atoms with E-state index < -0.39 is 23.7 Å². The maximum atomic E-state index is 12.8. The van der Waals surface area contributed by atoms with Crippen molar-refractivity contribution in [2.75, 3.05) is 25.0 Å². The number of allylic oxidation sites excluding steroid dienone is 1. The van der Waals surface area contributed by atoms with Crippen LogP contribution in [0.25, 0.3) is 0 Å². The number of carbonyl (C=O) groups excluding carboxylic acids is 3. The number of thioether (sulfide) groups is 1. The zero-order chi connectivity index (χ0) is 24.2. The van der Waals surface area contributed by atoms with Gasteiger partial charge in [-0.05, 0) is 29.8 Å². The van der Waals surface area contributed by atoms with Crippen LogP contribution in [0.3, 0.4) is 0 Å². The first kappa shape index (κ1) is 23.5. The molecule has 0 aromatic heterocycles. The van der Waals surface area contributed by atoms with Crippen LogP contribution in [0.4, 0.5) is 5.69 Å². The normalized spacial score (nSPS) is 18.7. The van der Waals surface area contributed by atoms with Gasteiger partial charge in [-0.2, -0.15) is 5.26 Å². The molecule has 2 aromatic carbocycles. The number of rotatable bonds is 6. The van der Waals surface area contributed by atoms with Gasteiger partial charge < -0.3 is 24.8 Å². The summed E-state index contributed by atoms with van der Waals surface area (Å²) >= 11 is 6.96. The maximum Gasteiger partial charge on any atom is 0.319 e. The fourth-order valence-corrected chi connectivity index (χ4v) is 4.63. The fraction of sp³-hybridized carbons (Fsp3) is 0.217.